The highest BCUT2D eigenvalue weighted by atomic mass is 32.5. The van der Waals surface area contributed by atoms with Gasteiger partial charge in [-0.2, -0.15) is 4.98 Å². The van der Waals surface area contributed by atoms with Crippen LogP contribution in [0.4, 0.5) is 16.2 Å². The first-order valence-corrected chi connectivity index (χ1v) is 16.4. The van der Waals surface area contributed by atoms with Crippen LogP contribution >= 0.6 is 15.0 Å². The molecule has 7 heterocycles. The van der Waals surface area contributed by atoms with Gasteiger partial charge in [-0.1, -0.05) is 0 Å². The zero-order valence-corrected chi connectivity index (χ0v) is 24.5. The second-order valence-electron chi connectivity index (χ2n) is 9.85. The van der Waals surface area contributed by atoms with Crippen LogP contribution in [0.15, 0.2) is 23.8 Å². The normalized spacial score (nSPS) is 35.8. The number of alkyl halides is 1. The van der Waals surface area contributed by atoms with E-state index in [1.807, 2.05) is 0 Å². The van der Waals surface area contributed by atoms with Crippen molar-refractivity contribution in [1.82, 2.24) is 39.0 Å². The fraction of sp³-hybridized carbons (Fsp3) is 0.500. The molecule has 2 bridgehead atoms. The maximum Gasteiger partial charge on any atom is 0.697 e. The van der Waals surface area contributed by atoms with Crippen LogP contribution in [0.5, 0.6) is 0 Å². The number of rotatable bonds is 2. The van der Waals surface area contributed by atoms with E-state index < -0.39 is 82.9 Å². The molecular weight excluding hydrogens is 653 g/mol. The number of imidazole rings is 2. The smallest absolute Gasteiger partial charge is 0.387 e. The number of nitrogens with two attached hydrogens (primary N) is 2. The average Bonchev–Trinajstić information content (AvgIpc) is 3.72. The Kier molecular flexibility index (Phi) is 7.41. The van der Waals surface area contributed by atoms with E-state index in [-0.39, 0.29) is 34.1 Å². The van der Waals surface area contributed by atoms with Gasteiger partial charge < -0.3 is 35.5 Å². The summed E-state index contributed by atoms with van der Waals surface area (Å²) in [7, 11) is -3.02. The monoisotopic (exact) mass is 675 g/mol. The first kappa shape index (κ1) is 29.6. The molecule has 0 spiro atoms. The quantitative estimate of drug-likeness (QED) is 0.164. The topological polar surface area (TPSA) is 272 Å². The molecule has 0 amide bonds. The van der Waals surface area contributed by atoms with E-state index in [0.29, 0.717) is 0 Å². The predicted molar refractivity (Wildman–Crippen MR) is 147 cm³/mol. The van der Waals surface area contributed by atoms with Gasteiger partial charge in [0.15, 0.2) is 47.4 Å². The van der Waals surface area contributed by atoms with Crippen LogP contribution in [0.25, 0.3) is 22.3 Å². The van der Waals surface area contributed by atoms with Gasteiger partial charge in [0.1, 0.15) is 42.9 Å². The number of hydrogen-bond acceptors (Lipinski definition) is 17. The Morgan fingerprint density at radius 2 is 1.77 bits per heavy atom. The number of aromatic nitrogens is 8. The Morgan fingerprint density at radius 3 is 2.57 bits per heavy atom. The van der Waals surface area contributed by atoms with E-state index in [1.54, 1.807) is 0 Å². The maximum absolute atomic E-state index is 15.9. The zero-order valence-electron chi connectivity index (χ0n) is 21.9. The summed E-state index contributed by atoms with van der Waals surface area (Å²) in [5.41, 5.74) is 11.1. The number of nitrogens with zero attached hydrogens (tertiary/aromatic N) is 7. The van der Waals surface area contributed by atoms with Crippen molar-refractivity contribution in [2.45, 2.75) is 49.1 Å². The van der Waals surface area contributed by atoms with Crippen molar-refractivity contribution in [2.24, 2.45) is 0 Å². The van der Waals surface area contributed by atoms with Crippen LogP contribution in [-0.4, -0.2) is 98.9 Å². The van der Waals surface area contributed by atoms with Crippen LogP contribution in [0.3, 0.4) is 0 Å². The summed E-state index contributed by atoms with van der Waals surface area (Å²) in [5.74, 6) is -0.159. The van der Waals surface area contributed by atoms with Gasteiger partial charge in [-0.15, -0.1) is 9.05 Å². The number of hydrogen-bond donors (Lipinski definition) is 5. The van der Waals surface area contributed by atoms with Gasteiger partial charge in [0.25, 0.3) is 5.56 Å². The molecule has 0 radical (unpaired) electrons. The Bertz CT molecular complexity index is 1880. The van der Waals surface area contributed by atoms with Crippen LogP contribution in [0, 0.1) is 0 Å². The minimum atomic E-state index is -4.25. The number of halogens is 1. The van der Waals surface area contributed by atoms with Crippen LogP contribution < -0.4 is 17.0 Å². The van der Waals surface area contributed by atoms with Gasteiger partial charge >= 0.3 is 15.0 Å². The SMILES string of the molecule is Nc1nc2c(ncn2C2OC3CO[P+](=O)OC4C(COP(O)(=S)OC2C3O)OC(n2cnc3c(N)ncnc32)C4F)c(=O)[nH]1. The number of nitrogen functional groups attached to an aromatic ring is 2. The first-order valence-electron chi connectivity index (χ1n) is 12.7. The maximum atomic E-state index is 15.9. The average molecular weight is 675 g/mol. The number of aromatic amines is 1. The van der Waals surface area contributed by atoms with E-state index in [0.717, 1.165) is 0 Å². The molecule has 0 aromatic carbocycles. The molecule has 24 heteroatoms. The van der Waals surface area contributed by atoms with Gasteiger partial charge in [0, 0.05) is 4.57 Å². The Hall–Kier alpha value is -3.14. The Labute approximate surface area is 249 Å². The second-order valence-corrected chi connectivity index (χ2v) is 13.6. The lowest BCUT2D eigenvalue weighted by atomic mass is 10.1. The molecule has 10 unspecified atom stereocenters. The summed E-state index contributed by atoms with van der Waals surface area (Å²) in [4.78, 5) is 45.8. The van der Waals surface area contributed by atoms with Crippen LogP contribution in [0.2, 0.25) is 0 Å². The zero-order chi connectivity index (χ0) is 30.9. The van der Waals surface area contributed by atoms with Crippen molar-refractivity contribution in [3.63, 3.8) is 0 Å². The van der Waals surface area contributed by atoms with Crippen molar-refractivity contribution < 1.29 is 46.5 Å². The van der Waals surface area contributed by atoms with E-state index in [4.69, 9.17) is 50.8 Å². The summed E-state index contributed by atoms with van der Waals surface area (Å²) in [6.07, 6.45) is -8.13. The third-order valence-corrected chi connectivity index (χ3v) is 9.51. The Morgan fingerprint density at radius 1 is 1.05 bits per heavy atom. The molecule has 0 aliphatic carbocycles. The fourth-order valence-electron chi connectivity index (χ4n) is 5.17. The molecule has 3 aliphatic rings. The molecule has 20 nitrogen and oxygen atoms in total. The van der Waals surface area contributed by atoms with Gasteiger partial charge in [-0.3, -0.25) is 23.4 Å². The van der Waals surface area contributed by atoms with Gasteiger partial charge in [-0.25, -0.2) is 24.3 Å². The van der Waals surface area contributed by atoms with Gasteiger partial charge in [-0.05, 0) is 11.8 Å². The third-order valence-electron chi connectivity index (χ3n) is 7.17. The number of H-pyrrole nitrogens is 1. The minimum absolute atomic E-state index is 0.0254. The summed E-state index contributed by atoms with van der Waals surface area (Å²) < 4.78 is 64.9. The molecule has 3 fully saturated rings. The molecule has 44 heavy (non-hydrogen) atoms. The largest absolute Gasteiger partial charge is 0.697 e. The molecule has 4 aromatic heterocycles. The number of ether oxygens (including phenoxy) is 2. The van der Waals surface area contributed by atoms with Crippen molar-refractivity contribution in [3.8, 4) is 0 Å². The van der Waals surface area contributed by atoms with Gasteiger partial charge in [0.05, 0.1) is 19.3 Å². The molecule has 3 saturated heterocycles. The van der Waals surface area contributed by atoms with Crippen molar-refractivity contribution in [1.29, 1.82) is 0 Å². The molecule has 0 saturated carbocycles. The van der Waals surface area contributed by atoms with E-state index >= 15 is 4.39 Å². The minimum Gasteiger partial charge on any atom is -0.387 e. The molecule has 10 atom stereocenters. The van der Waals surface area contributed by atoms with Crippen LogP contribution in [-0.2, 0) is 43.9 Å². The lowest BCUT2D eigenvalue weighted by Gasteiger charge is -2.26. The second kappa shape index (κ2) is 11.0. The summed E-state index contributed by atoms with van der Waals surface area (Å²) in [6.45, 7) is -5.38. The van der Waals surface area contributed by atoms with Crippen molar-refractivity contribution in [2.75, 3.05) is 24.7 Å². The van der Waals surface area contributed by atoms with Crippen LogP contribution in [0.1, 0.15) is 12.5 Å². The molecule has 4 aromatic rings. The number of anilines is 2. The summed E-state index contributed by atoms with van der Waals surface area (Å²) >= 11 is 5.21. The lowest BCUT2D eigenvalue weighted by molar-refractivity contribution is -0.0583. The fourth-order valence-corrected chi connectivity index (χ4v) is 7.37. The van der Waals surface area contributed by atoms with Crippen molar-refractivity contribution in [3.05, 3.63) is 29.3 Å². The number of aliphatic hydroxyl groups excluding tert-OH is 1. The van der Waals surface area contributed by atoms with E-state index in [1.165, 1.54) is 28.1 Å². The molecule has 3 aliphatic heterocycles. The highest BCUT2D eigenvalue weighted by Gasteiger charge is 2.55. The number of fused-ring (bicyclic) bond motifs is 5. The predicted octanol–water partition coefficient (Wildman–Crippen LogP) is -0.691. The van der Waals surface area contributed by atoms with E-state index in [9.17, 15) is 19.4 Å². The van der Waals surface area contributed by atoms with Crippen molar-refractivity contribution >= 4 is 60.9 Å². The highest BCUT2D eigenvalue weighted by Crippen LogP contribution is 2.51. The van der Waals surface area contributed by atoms with E-state index in [2.05, 4.69) is 29.9 Å². The standard InChI is InChI=1S/C20H21FN10O10P2S/c21-8-12-7(39-18(8)30-4-26-9-14(22)24-3-25-15(9)30)2-37-43(35,44)41-13-11(32)6(1-36-42(34)40-12)38-19(13)31-5-27-10-16(31)28-20(23)29-17(10)33/h3-8,11-13,18-19,32H,1-2H2,(H5-,22,23,24,25,28,29,33,35,44)/p+1. The molecule has 234 valence electrons. The summed E-state index contributed by atoms with van der Waals surface area (Å²) in [5, 5.41) is 11.1. The lowest BCUT2D eigenvalue weighted by Crippen LogP contribution is -2.35. The number of aliphatic hydroxyl groups is 1. The molecular formula is C20H22FN10O10P2S+. The third kappa shape index (κ3) is 5.07. The highest BCUT2D eigenvalue weighted by molar-refractivity contribution is 8.07. The first-order chi connectivity index (χ1) is 21.0. The van der Waals surface area contributed by atoms with Gasteiger partial charge in [0.2, 0.25) is 5.95 Å². The number of nitrogens with one attached hydrogen (secondary N) is 1. The molecule has 7 rings (SSSR count). The summed E-state index contributed by atoms with van der Waals surface area (Å²) in [6, 6.07) is 0. The molecule has 7 N–H and O–H groups in total. The Balaban J connectivity index is 1.18.